The van der Waals surface area contributed by atoms with E-state index in [-0.39, 0.29) is 16.7 Å². The van der Waals surface area contributed by atoms with Crippen molar-refractivity contribution in [3.05, 3.63) is 30.6 Å². The molecule has 1 heterocycles. The summed E-state index contributed by atoms with van der Waals surface area (Å²) in [6, 6.07) is 0. The van der Waals surface area contributed by atoms with E-state index in [1.54, 1.807) is 10.8 Å². The SMILES string of the molecule is CCCn1cc(I)c(=O)n(CCCC(C)(C)C)c1=O. The second-order valence-electron chi connectivity index (χ2n) is 6.07. The Labute approximate surface area is 128 Å². The normalized spacial score (nSPS) is 11.8. The van der Waals surface area contributed by atoms with Crippen molar-refractivity contribution in [2.45, 2.75) is 60.0 Å². The van der Waals surface area contributed by atoms with Gasteiger partial charge in [0.1, 0.15) is 0 Å². The Morgan fingerprint density at radius 3 is 2.37 bits per heavy atom. The van der Waals surface area contributed by atoms with Crippen LogP contribution in [0.4, 0.5) is 0 Å². The zero-order valence-electron chi connectivity index (χ0n) is 12.2. The van der Waals surface area contributed by atoms with E-state index >= 15 is 0 Å². The molecule has 0 atom stereocenters. The number of nitrogens with zero attached hydrogens (tertiary/aromatic N) is 2. The van der Waals surface area contributed by atoms with Crippen molar-refractivity contribution in [2.24, 2.45) is 5.41 Å². The number of hydrogen-bond donors (Lipinski definition) is 0. The fraction of sp³-hybridized carbons (Fsp3) is 0.714. The van der Waals surface area contributed by atoms with Gasteiger partial charge in [0.25, 0.3) is 5.56 Å². The minimum Gasteiger partial charge on any atom is -0.299 e. The first kappa shape index (κ1) is 16.5. The summed E-state index contributed by atoms with van der Waals surface area (Å²) in [5.74, 6) is 0. The lowest BCUT2D eigenvalue weighted by Gasteiger charge is -2.18. The fourth-order valence-electron chi connectivity index (χ4n) is 1.98. The van der Waals surface area contributed by atoms with Gasteiger partial charge in [0.15, 0.2) is 0 Å². The topological polar surface area (TPSA) is 44.0 Å². The first-order chi connectivity index (χ1) is 8.76. The lowest BCUT2D eigenvalue weighted by atomic mass is 9.91. The van der Waals surface area contributed by atoms with E-state index in [1.807, 2.05) is 29.5 Å². The third kappa shape index (κ3) is 4.78. The van der Waals surface area contributed by atoms with Gasteiger partial charge < -0.3 is 0 Å². The summed E-state index contributed by atoms with van der Waals surface area (Å²) in [7, 11) is 0. The Morgan fingerprint density at radius 1 is 1.21 bits per heavy atom. The number of hydrogen-bond acceptors (Lipinski definition) is 2. The quantitative estimate of drug-likeness (QED) is 0.740. The smallest absolute Gasteiger partial charge is 0.299 e. The molecule has 108 valence electrons. The van der Waals surface area contributed by atoms with E-state index in [0.717, 1.165) is 19.3 Å². The van der Waals surface area contributed by atoms with Crippen LogP contribution in [0.15, 0.2) is 15.8 Å². The summed E-state index contributed by atoms with van der Waals surface area (Å²) in [5.41, 5.74) is -0.110. The second-order valence-corrected chi connectivity index (χ2v) is 7.24. The number of aromatic nitrogens is 2. The summed E-state index contributed by atoms with van der Waals surface area (Å²) in [4.78, 5) is 24.3. The number of aryl methyl sites for hydroxylation is 1. The third-order valence-electron chi connectivity index (χ3n) is 2.97. The van der Waals surface area contributed by atoms with Crippen LogP contribution in [0.2, 0.25) is 0 Å². The van der Waals surface area contributed by atoms with E-state index in [9.17, 15) is 9.59 Å². The largest absolute Gasteiger partial charge is 0.331 e. The van der Waals surface area contributed by atoms with Crippen molar-refractivity contribution in [2.75, 3.05) is 0 Å². The molecule has 0 unspecified atom stereocenters. The van der Waals surface area contributed by atoms with Gasteiger partial charge in [-0.3, -0.25) is 13.9 Å². The Kier molecular flexibility index (Phi) is 5.82. The highest BCUT2D eigenvalue weighted by atomic mass is 127. The van der Waals surface area contributed by atoms with Crippen LogP contribution in [0.3, 0.4) is 0 Å². The van der Waals surface area contributed by atoms with Gasteiger partial charge in [0.2, 0.25) is 0 Å². The van der Waals surface area contributed by atoms with Crippen LogP contribution in [0.25, 0.3) is 0 Å². The zero-order chi connectivity index (χ0) is 14.6. The molecular weight excluding hydrogens is 355 g/mol. The van der Waals surface area contributed by atoms with E-state index in [2.05, 4.69) is 20.8 Å². The van der Waals surface area contributed by atoms with Crippen molar-refractivity contribution >= 4 is 22.6 Å². The Bertz CT molecular complexity index is 538. The minimum absolute atomic E-state index is 0.160. The molecule has 0 spiro atoms. The average molecular weight is 378 g/mol. The van der Waals surface area contributed by atoms with Crippen LogP contribution in [-0.2, 0) is 13.1 Å². The van der Waals surface area contributed by atoms with E-state index in [4.69, 9.17) is 0 Å². The number of halogens is 1. The molecule has 0 aliphatic rings. The summed E-state index contributed by atoms with van der Waals surface area (Å²) >= 11 is 2.01. The van der Waals surface area contributed by atoms with Gasteiger partial charge in [-0.2, -0.15) is 0 Å². The number of rotatable bonds is 5. The highest BCUT2D eigenvalue weighted by molar-refractivity contribution is 14.1. The molecule has 0 aromatic carbocycles. The first-order valence-corrected chi connectivity index (χ1v) is 7.84. The van der Waals surface area contributed by atoms with Gasteiger partial charge in [-0.15, -0.1) is 0 Å². The van der Waals surface area contributed by atoms with Crippen LogP contribution in [0.1, 0.15) is 47.0 Å². The molecule has 0 bridgehead atoms. The fourth-order valence-corrected chi connectivity index (χ4v) is 2.61. The molecule has 0 saturated heterocycles. The molecule has 0 aliphatic carbocycles. The van der Waals surface area contributed by atoms with Gasteiger partial charge in [-0.25, -0.2) is 4.79 Å². The van der Waals surface area contributed by atoms with Crippen LogP contribution in [-0.4, -0.2) is 9.13 Å². The monoisotopic (exact) mass is 378 g/mol. The summed E-state index contributed by atoms with van der Waals surface area (Å²) < 4.78 is 3.63. The second kappa shape index (κ2) is 6.72. The predicted molar refractivity (Wildman–Crippen MR) is 86.7 cm³/mol. The molecule has 1 aromatic rings. The predicted octanol–water partition coefficient (Wildman–Crippen LogP) is 2.85. The molecule has 1 rings (SSSR count). The molecule has 5 heteroatoms. The van der Waals surface area contributed by atoms with E-state index in [1.165, 1.54) is 4.57 Å². The Morgan fingerprint density at radius 2 is 1.84 bits per heavy atom. The average Bonchev–Trinajstić information content (AvgIpc) is 2.29. The van der Waals surface area contributed by atoms with Crippen LogP contribution in [0.5, 0.6) is 0 Å². The lowest BCUT2D eigenvalue weighted by Crippen LogP contribution is -2.41. The van der Waals surface area contributed by atoms with Crippen LogP contribution in [0, 0.1) is 8.99 Å². The molecular formula is C14H23IN2O2. The molecule has 0 saturated carbocycles. The van der Waals surface area contributed by atoms with E-state index < -0.39 is 0 Å². The van der Waals surface area contributed by atoms with Crippen molar-refractivity contribution in [1.29, 1.82) is 0 Å². The molecule has 1 aromatic heterocycles. The maximum absolute atomic E-state index is 12.2. The van der Waals surface area contributed by atoms with Crippen LogP contribution >= 0.6 is 22.6 Å². The highest BCUT2D eigenvalue weighted by Crippen LogP contribution is 2.20. The van der Waals surface area contributed by atoms with E-state index in [0.29, 0.717) is 16.7 Å². The van der Waals surface area contributed by atoms with Gasteiger partial charge in [-0.1, -0.05) is 27.7 Å². The molecule has 0 amide bonds. The molecule has 0 aliphatic heterocycles. The standard InChI is InChI=1S/C14H23IN2O2/c1-5-8-16-10-11(15)12(18)17(13(16)19)9-6-7-14(2,3)4/h10H,5-9H2,1-4H3. The van der Waals surface area contributed by atoms with Gasteiger partial charge in [0, 0.05) is 19.3 Å². The van der Waals surface area contributed by atoms with Crippen molar-refractivity contribution < 1.29 is 0 Å². The molecule has 0 radical (unpaired) electrons. The van der Waals surface area contributed by atoms with Crippen molar-refractivity contribution in [1.82, 2.24) is 9.13 Å². The van der Waals surface area contributed by atoms with Gasteiger partial charge in [0.05, 0.1) is 3.57 Å². The zero-order valence-corrected chi connectivity index (χ0v) is 14.4. The van der Waals surface area contributed by atoms with Gasteiger partial charge in [-0.05, 0) is 47.3 Å². The maximum atomic E-state index is 12.2. The molecule has 19 heavy (non-hydrogen) atoms. The molecule has 0 N–H and O–H groups in total. The minimum atomic E-state index is -0.179. The maximum Gasteiger partial charge on any atom is 0.331 e. The van der Waals surface area contributed by atoms with Crippen molar-refractivity contribution in [3.63, 3.8) is 0 Å². The summed E-state index contributed by atoms with van der Waals surface area (Å²) in [6.07, 6.45) is 4.40. The Balaban J connectivity index is 2.99. The molecule has 4 nitrogen and oxygen atoms in total. The van der Waals surface area contributed by atoms with Gasteiger partial charge >= 0.3 is 5.69 Å². The molecule has 0 fully saturated rings. The Hall–Kier alpha value is -0.590. The highest BCUT2D eigenvalue weighted by Gasteiger charge is 2.12. The lowest BCUT2D eigenvalue weighted by molar-refractivity contribution is 0.348. The first-order valence-electron chi connectivity index (χ1n) is 6.76. The summed E-state index contributed by atoms with van der Waals surface area (Å²) in [5, 5.41) is 0. The summed E-state index contributed by atoms with van der Waals surface area (Å²) in [6.45, 7) is 9.69. The third-order valence-corrected chi connectivity index (χ3v) is 3.71. The van der Waals surface area contributed by atoms with Crippen LogP contribution < -0.4 is 11.2 Å². The van der Waals surface area contributed by atoms with Crippen molar-refractivity contribution in [3.8, 4) is 0 Å².